The molecule has 8 nitrogen and oxygen atoms in total. The monoisotopic (exact) mass is 434 g/mol. The summed E-state index contributed by atoms with van der Waals surface area (Å²) in [6, 6.07) is 13.4. The average Bonchev–Trinajstić information content (AvgIpc) is 3.19. The van der Waals surface area contributed by atoms with Crippen molar-refractivity contribution in [3.05, 3.63) is 88.4 Å². The van der Waals surface area contributed by atoms with Crippen LogP contribution in [0.15, 0.2) is 65.8 Å². The Labute approximate surface area is 183 Å². The molecule has 0 atom stereocenters. The number of benzene rings is 2. The lowest BCUT2D eigenvalue weighted by molar-refractivity contribution is 0.0952. The lowest BCUT2D eigenvalue weighted by Crippen LogP contribution is -2.28. The van der Waals surface area contributed by atoms with Gasteiger partial charge in [-0.05, 0) is 35.9 Å². The summed E-state index contributed by atoms with van der Waals surface area (Å²) in [5, 5.41) is 7.48. The zero-order chi connectivity index (χ0) is 22.7. The Kier molecular flexibility index (Phi) is 5.98. The van der Waals surface area contributed by atoms with Gasteiger partial charge in [-0.1, -0.05) is 18.2 Å². The molecule has 0 fully saturated rings. The smallest absolute Gasteiger partial charge is 0.264 e. The minimum absolute atomic E-state index is 0.185. The van der Waals surface area contributed by atoms with Crippen LogP contribution in [-0.2, 0) is 13.1 Å². The van der Waals surface area contributed by atoms with E-state index in [4.69, 9.17) is 0 Å². The second-order valence-electron chi connectivity index (χ2n) is 7.61. The second-order valence-corrected chi connectivity index (χ2v) is 7.61. The van der Waals surface area contributed by atoms with Crippen LogP contribution in [0.5, 0.6) is 0 Å². The molecule has 9 heteroatoms. The maximum absolute atomic E-state index is 13.4. The fourth-order valence-electron chi connectivity index (χ4n) is 3.41. The molecular formula is C23H23FN6O2. The number of hydrogen-bond donors (Lipinski definition) is 1. The normalized spacial score (nSPS) is 11.0. The molecule has 4 rings (SSSR count). The van der Waals surface area contributed by atoms with Crippen LogP contribution in [-0.4, -0.2) is 45.9 Å². The van der Waals surface area contributed by atoms with E-state index in [0.717, 1.165) is 5.69 Å². The molecule has 1 N–H and O–H groups in total. The minimum atomic E-state index is -0.354. The first-order valence-corrected chi connectivity index (χ1v) is 10.1. The summed E-state index contributed by atoms with van der Waals surface area (Å²) in [7, 11) is 3.83. The van der Waals surface area contributed by atoms with Gasteiger partial charge >= 0.3 is 0 Å². The van der Waals surface area contributed by atoms with Crippen LogP contribution in [0, 0.1) is 5.82 Å². The molecule has 32 heavy (non-hydrogen) atoms. The predicted octanol–water partition coefficient (Wildman–Crippen LogP) is 2.28. The summed E-state index contributed by atoms with van der Waals surface area (Å²) >= 11 is 0. The number of carbonyl (C=O) groups excluding carboxylic acids is 1. The van der Waals surface area contributed by atoms with Gasteiger partial charge < -0.3 is 10.2 Å². The van der Waals surface area contributed by atoms with Gasteiger partial charge in [0, 0.05) is 31.9 Å². The van der Waals surface area contributed by atoms with Crippen LogP contribution in [0.1, 0.15) is 15.9 Å². The second kappa shape index (κ2) is 9.01. The molecule has 2 aromatic carbocycles. The third-order valence-corrected chi connectivity index (χ3v) is 5.10. The number of anilines is 1. The maximum atomic E-state index is 13.4. The molecule has 0 saturated heterocycles. The molecule has 0 spiro atoms. The van der Waals surface area contributed by atoms with Gasteiger partial charge in [0.2, 0.25) is 0 Å². The Morgan fingerprint density at radius 1 is 1.16 bits per heavy atom. The highest BCUT2D eigenvalue weighted by atomic mass is 19.1. The van der Waals surface area contributed by atoms with Crippen LogP contribution in [0.25, 0.3) is 11.0 Å². The molecule has 0 radical (unpaired) electrons. The predicted molar refractivity (Wildman–Crippen MR) is 120 cm³/mol. The number of halogens is 1. The molecule has 0 aliphatic heterocycles. The van der Waals surface area contributed by atoms with E-state index in [9.17, 15) is 14.0 Å². The van der Waals surface area contributed by atoms with Crippen molar-refractivity contribution in [1.82, 2.24) is 24.6 Å². The number of hydrogen-bond acceptors (Lipinski definition) is 5. The Bertz CT molecular complexity index is 1330. The number of rotatable bonds is 7. The van der Waals surface area contributed by atoms with E-state index in [1.807, 2.05) is 37.2 Å². The quantitative estimate of drug-likeness (QED) is 0.482. The summed E-state index contributed by atoms with van der Waals surface area (Å²) in [5.41, 5.74) is 2.36. The Morgan fingerprint density at radius 3 is 2.75 bits per heavy atom. The fraction of sp³-hybridized carbons (Fsp3) is 0.217. The molecule has 2 heterocycles. The molecule has 0 saturated carbocycles. The van der Waals surface area contributed by atoms with E-state index < -0.39 is 0 Å². The van der Waals surface area contributed by atoms with Crippen LogP contribution in [0.3, 0.4) is 0 Å². The summed E-state index contributed by atoms with van der Waals surface area (Å²) in [6.07, 6.45) is 2.90. The molecular weight excluding hydrogens is 411 g/mol. The highest BCUT2D eigenvalue weighted by Gasteiger charge is 2.12. The van der Waals surface area contributed by atoms with Crippen molar-refractivity contribution in [1.29, 1.82) is 0 Å². The van der Waals surface area contributed by atoms with Gasteiger partial charge in [0.05, 0.1) is 19.3 Å². The zero-order valence-corrected chi connectivity index (χ0v) is 17.8. The zero-order valence-electron chi connectivity index (χ0n) is 17.8. The van der Waals surface area contributed by atoms with Gasteiger partial charge in [0.1, 0.15) is 17.5 Å². The first-order valence-electron chi connectivity index (χ1n) is 10.1. The van der Waals surface area contributed by atoms with Crippen molar-refractivity contribution in [2.24, 2.45) is 0 Å². The van der Waals surface area contributed by atoms with Crippen molar-refractivity contribution in [2.45, 2.75) is 13.1 Å². The number of nitrogens with one attached hydrogen (secondary N) is 1. The standard InChI is InChI=1S/C23H23FN6O2/c1-28(2)19-8-4-6-17(12-19)22(31)25-9-10-30-21-20(13-27-30)23(32)29(15-26-21)14-16-5-3-7-18(24)11-16/h3-8,11-13,15H,9-10,14H2,1-2H3,(H,25,31). The van der Waals surface area contributed by atoms with Gasteiger partial charge in [-0.15, -0.1) is 0 Å². The Balaban J connectivity index is 1.44. The van der Waals surface area contributed by atoms with Crippen molar-refractivity contribution in [3.63, 3.8) is 0 Å². The molecule has 2 aromatic heterocycles. The summed E-state index contributed by atoms with van der Waals surface area (Å²) in [4.78, 5) is 31.5. The number of amides is 1. The molecule has 0 unspecified atom stereocenters. The molecule has 0 aliphatic rings. The molecule has 0 aliphatic carbocycles. The molecule has 0 bridgehead atoms. The Morgan fingerprint density at radius 2 is 1.97 bits per heavy atom. The molecule has 164 valence electrons. The number of carbonyl (C=O) groups is 1. The summed E-state index contributed by atoms with van der Waals surface area (Å²) in [5.74, 6) is -0.538. The Hall–Kier alpha value is -4.01. The van der Waals surface area contributed by atoms with Crippen molar-refractivity contribution >= 4 is 22.6 Å². The van der Waals surface area contributed by atoms with Gasteiger partial charge in [-0.25, -0.2) is 14.1 Å². The lowest BCUT2D eigenvalue weighted by atomic mass is 10.2. The van der Waals surface area contributed by atoms with Crippen LogP contribution < -0.4 is 15.8 Å². The van der Waals surface area contributed by atoms with Gasteiger partial charge in [-0.3, -0.25) is 14.2 Å². The van der Waals surface area contributed by atoms with Crippen molar-refractivity contribution in [2.75, 3.05) is 25.5 Å². The van der Waals surface area contributed by atoms with Crippen LogP contribution in [0.4, 0.5) is 10.1 Å². The van der Waals surface area contributed by atoms with Gasteiger partial charge in [-0.2, -0.15) is 5.10 Å². The van der Waals surface area contributed by atoms with E-state index in [2.05, 4.69) is 15.4 Å². The highest BCUT2D eigenvalue weighted by Crippen LogP contribution is 2.13. The van der Waals surface area contributed by atoms with Crippen LogP contribution >= 0.6 is 0 Å². The average molecular weight is 434 g/mol. The number of nitrogens with zero attached hydrogens (tertiary/aromatic N) is 5. The first-order chi connectivity index (χ1) is 15.4. The SMILES string of the molecule is CN(C)c1cccc(C(=O)NCCn2ncc3c(=O)n(Cc4cccc(F)c4)cnc32)c1. The summed E-state index contributed by atoms with van der Waals surface area (Å²) in [6.45, 7) is 0.908. The van der Waals surface area contributed by atoms with Crippen molar-refractivity contribution in [3.8, 4) is 0 Å². The van der Waals surface area contributed by atoms with Crippen molar-refractivity contribution < 1.29 is 9.18 Å². The van der Waals surface area contributed by atoms with E-state index in [0.29, 0.717) is 35.2 Å². The van der Waals surface area contributed by atoms with E-state index in [1.165, 1.54) is 29.2 Å². The van der Waals surface area contributed by atoms with Crippen LogP contribution in [0.2, 0.25) is 0 Å². The third kappa shape index (κ3) is 4.51. The summed E-state index contributed by atoms with van der Waals surface area (Å²) < 4.78 is 16.4. The van der Waals surface area contributed by atoms with Gasteiger partial charge in [0.25, 0.3) is 11.5 Å². The fourth-order valence-corrected chi connectivity index (χ4v) is 3.41. The first kappa shape index (κ1) is 21.2. The molecule has 1 amide bonds. The number of fused-ring (bicyclic) bond motifs is 1. The topological polar surface area (TPSA) is 85.0 Å². The minimum Gasteiger partial charge on any atom is -0.378 e. The van der Waals surface area contributed by atoms with Gasteiger partial charge in [0.15, 0.2) is 5.65 Å². The maximum Gasteiger partial charge on any atom is 0.264 e. The lowest BCUT2D eigenvalue weighted by Gasteiger charge is -2.13. The van der Waals surface area contributed by atoms with E-state index in [1.54, 1.807) is 22.9 Å². The third-order valence-electron chi connectivity index (χ3n) is 5.10. The largest absolute Gasteiger partial charge is 0.378 e. The van der Waals surface area contributed by atoms with E-state index in [-0.39, 0.29) is 23.8 Å². The number of aromatic nitrogens is 4. The van der Waals surface area contributed by atoms with E-state index >= 15 is 0 Å². The molecule has 4 aromatic rings. The highest BCUT2D eigenvalue weighted by molar-refractivity contribution is 5.95.